The topological polar surface area (TPSA) is 66.9 Å². The number of amides is 2. The Balaban J connectivity index is 2.23. The Kier molecular flexibility index (Phi) is 3.73. The largest absolute Gasteiger partial charge is 0.337 e. The van der Waals surface area contributed by atoms with Gasteiger partial charge >= 0.3 is 6.03 Å². The molecular weight excluding hydrogens is 188 g/mol. The third kappa shape index (κ3) is 3.53. The first-order valence-electron chi connectivity index (χ1n) is 3.57. The summed E-state index contributed by atoms with van der Waals surface area (Å²) in [6.45, 7) is 0.459. The lowest BCUT2D eigenvalue weighted by Gasteiger charge is -2.01. The van der Waals surface area contributed by atoms with Crippen LogP contribution in [0.15, 0.2) is 5.51 Å². The third-order valence-electron chi connectivity index (χ3n) is 1.14. The lowest BCUT2D eigenvalue weighted by atomic mass is 10.4. The van der Waals surface area contributed by atoms with Crippen LogP contribution in [0.25, 0.3) is 0 Å². The van der Waals surface area contributed by atoms with E-state index in [1.54, 1.807) is 0 Å². The van der Waals surface area contributed by atoms with Crippen molar-refractivity contribution in [2.75, 3.05) is 11.9 Å². The highest BCUT2D eigenvalue weighted by Gasteiger charge is 2.01. The molecule has 0 atom stereocenters. The molecule has 0 aromatic carbocycles. The number of terminal acetylenes is 1. The first-order chi connectivity index (χ1) is 6.33. The molecular formula is C7H8N4OS. The molecule has 0 unspecified atom stereocenters. The van der Waals surface area contributed by atoms with Crippen LogP contribution in [0.1, 0.15) is 6.42 Å². The summed E-state index contributed by atoms with van der Waals surface area (Å²) in [6.07, 6.45) is 5.53. The second-order valence-electron chi connectivity index (χ2n) is 2.08. The monoisotopic (exact) mass is 196 g/mol. The van der Waals surface area contributed by atoms with Gasteiger partial charge in [0.15, 0.2) is 0 Å². The molecule has 0 aliphatic carbocycles. The summed E-state index contributed by atoms with van der Waals surface area (Å²) in [4.78, 5) is 11.0. The first-order valence-corrected chi connectivity index (χ1v) is 4.45. The van der Waals surface area contributed by atoms with Crippen molar-refractivity contribution in [2.24, 2.45) is 0 Å². The van der Waals surface area contributed by atoms with E-state index in [-0.39, 0.29) is 6.03 Å². The van der Waals surface area contributed by atoms with E-state index in [4.69, 9.17) is 6.42 Å². The number of rotatable bonds is 3. The zero-order chi connectivity index (χ0) is 9.52. The summed E-state index contributed by atoms with van der Waals surface area (Å²) in [5, 5.41) is 12.8. The molecule has 0 bridgehead atoms. The third-order valence-corrected chi connectivity index (χ3v) is 1.74. The number of hydrogen-bond donors (Lipinski definition) is 2. The summed E-state index contributed by atoms with van der Waals surface area (Å²) in [5.41, 5.74) is 1.54. The van der Waals surface area contributed by atoms with Gasteiger partial charge in [-0.15, -0.1) is 22.5 Å². The number of anilines is 1. The Hall–Kier alpha value is -1.61. The van der Waals surface area contributed by atoms with Crippen LogP contribution < -0.4 is 10.6 Å². The van der Waals surface area contributed by atoms with Gasteiger partial charge in [0, 0.05) is 13.0 Å². The van der Waals surface area contributed by atoms with Crippen LogP contribution in [0.4, 0.5) is 9.93 Å². The van der Waals surface area contributed by atoms with Crippen LogP contribution in [0.3, 0.4) is 0 Å². The number of urea groups is 1. The number of carbonyl (C=O) groups is 1. The second-order valence-corrected chi connectivity index (χ2v) is 2.91. The molecule has 1 aromatic heterocycles. The van der Waals surface area contributed by atoms with Crippen molar-refractivity contribution in [1.82, 2.24) is 15.5 Å². The number of hydrogen-bond acceptors (Lipinski definition) is 4. The number of nitrogens with one attached hydrogen (secondary N) is 2. The van der Waals surface area contributed by atoms with Gasteiger partial charge in [-0.2, -0.15) is 0 Å². The predicted octanol–water partition coefficient (Wildman–Crippen LogP) is 0.683. The molecule has 1 heterocycles. The van der Waals surface area contributed by atoms with Crippen LogP contribution in [0.5, 0.6) is 0 Å². The van der Waals surface area contributed by atoms with Gasteiger partial charge in [-0.3, -0.25) is 5.32 Å². The van der Waals surface area contributed by atoms with Crippen molar-refractivity contribution in [1.29, 1.82) is 0 Å². The van der Waals surface area contributed by atoms with Crippen molar-refractivity contribution < 1.29 is 4.79 Å². The van der Waals surface area contributed by atoms with Crippen LogP contribution in [0.2, 0.25) is 0 Å². The van der Waals surface area contributed by atoms with Gasteiger partial charge in [0.2, 0.25) is 5.13 Å². The molecule has 0 aliphatic rings. The minimum absolute atomic E-state index is 0.313. The molecule has 68 valence electrons. The molecule has 6 heteroatoms. The van der Waals surface area contributed by atoms with E-state index < -0.39 is 0 Å². The van der Waals surface area contributed by atoms with E-state index in [0.717, 1.165) is 0 Å². The minimum Gasteiger partial charge on any atom is -0.337 e. The van der Waals surface area contributed by atoms with Crippen molar-refractivity contribution in [2.45, 2.75) is 6.42 Å². The predicted molar refractivity (Wildman–Crippen MR) is 50.4 cm³/mol. The zero-order valence-electron chi connectivity index (χ0n) is 6.78. The first kappa shape index (κ1) is 9.48. The molecule has 1 rings (SSSR count). The summed E-state index contributed by atoms with van der Waals surface area (Å²) >= 11 is 1.26. The van der Waals surface area contributed by atoms with Crippen LogP contribution in [-0.2, 0) is 0 Å². The van der Waals surface area contributed by atoms with E-state index in [1.165, 1.54) is 16.8 Å². The van der Waals surface area contributed by atoms with Gasteiger partial charge in [0.05, 0.1) is 0 Å². The van der Waals surface area contributed by atoms with Gasteiger partial charge in [0.25, 0.3) is 0 Å². The summed E-state index contributed by atoms with van der Waals surface area (Å²) in [6, 6.07) is -0.313. The minimum atomic E-state index is -0.313. The smallest absolute Gasteiger partial charge is 0.321 e. The fourth-order valence-electron chi connectivity index (χ4n) is 0.617. The Labute approximate surface area is 79.6 Å². The van der Waals surface area contributed by atoms with Gasteiger partial charge < -0.3 is 5.32 Å². The Morgan fingerprint density at radius 3 is 3.23 bits per heavy atom. The van der Waals surface area contributed by atoms with Gasteiger partial charge in [-0.1, -0.05) is 11.3 Å². The highest BCUT2D eigenvalue weighted by atomic mass is 32.1. The molecule has 5 nitrogen and oxygen atoms in total. The molecule has 0 saturated heterocycles. The highest BCUT2D eigenvalue weighted by Crippen LogP contribution is 2.06. The van der Waals surface area contributed by atoms with Gasteiger partial charge in [-0.05, 0) is 0 Å². The maximum atomic E-state index is 11.0. The van der Waals surface area contributed by atoms with Gasteiger partial charge in [-0.25, -0.2) is 4.79 Å². The van der Waals surface area contributed by atoms with E-state index >= 15 is 0 Å². The lowest BCUT2D eigenvalue weighted by Crippen LogP contribution is -2.29. The molecule has 0 radical (unpaired) electrons. The van der Waals surface area contributed by atoms with E-state index in [9.17, 15) is 4.79 Å². The molecule has 13 heavy (non-hydrogen) atoms. The standard InChI is InChI=1S/C7H8N4OS/c1-2-3-4-8-6(12)10-7-11-9-5-13-7/h1,5H,3-4H2,(H2,8,10,11,12). The van der Waals surface area contributed by atoms with Crippen molar-refractivity contribution >= 4 is 22.5 Å². The normalized spacial score (nSPS) is 8.85. The lowest BCUT2D eigenvalue weighted by molar-refractivity contribution is 0.252. The number of aromatic nitrogens is 2. The second kappa shape index (κ2) is 5.11. The summed E-state index contributed by atoms with van der Waals surface area (Å²) < 4.78 is 0. The molecule has 0 spiro atoms. The van der Waals surface area contributed by atoms with Crippen LogP contribution in [0, 0.1) is 12.3 Å². The Bertz CT molecular complexity index is 303. The maximum Gasteiger partial charge on any atom is 0.321 e. The van der Waals surface area contributed by atoms with Gasteiger partial charge in [0.1, 0.15) is 5.51 Å². The molecule has 1 aromatic rings. The Morgan fingerprint density at radius 1 is 1.77 bits per heavy atom. The van der Waals surface area contributed by atoms with Crippen molar-refractivity contribution in [3.63, 3.8) is 0 Å². The van der Waals surface area contributed by atoms with E-state index in [0.29, 0.717) is 18.1 Å². The maximum absolute atomic E-state index is 11.0. The molecule has 2 amide bonds. The Morgan fingerprint density at radius 2 is 2.62 bits per heavy atom. The molecule has 2 N–H and O–H groups in total. The summed E-state index contributed by atoms with van der Waals surface area (Å²) in [5.74, 6) is 2.41. The van der Waals surface area contributed by atoms with Crippen molar-refractivity contribution in [3.8, 4) is 12.3 Å². The fraction of sp³-hybridized carbons (Fsp3) is 0.286. The average molecular weight is 196 g/mol. The average Bonchev–Trinajstić information content (AvgIpc) is 2.57. The number of carbonyl (C=O) groups excluding carboxylic acids is 1. The SMILES string of the molecule is C#CCCNC(=O)Nc1nncs1. The van der Waals surface area contributed by atoms with E-state index in [1.807, 2.05) is 0 Å². The van der Waals surface area contributed by atoms with Crippen molar-refractivity contribution in [3.05, 3.63) is 5.51 Å². The van der Waals surface area contributed by atoms with Crippen LogP contribution >= 0.6 is 11.3 Å². The molecule has 0 aliphatic heterocycles. The van der Waals surface area contributed by atoms with E-state index in [2.05, 4.69) is 26.8 Å². The zero-order valence-corrected chi connectivity index (χ0v) is 7.60. The molecule has 0 saturated carbocycles. The highest BCUT2D eigenvalue weighted by molar-refractivity contribution is 7.13. The molecule has 0 fully saturated rings. The fourth-order valence-corrected chi connectivity index (χ4v) is 1.06. The quantitative estimate of drug-likeness (QED) is 0.552. The number of nitrogens with zero attached hydrogens (tertiary/aromatic N) is 2. The summed E-state index contributed by atoms with van der Waals surface area (Å²) in [7, 11) is 0. The van der Waals surface area contributed by atoms with Crippen LogP contribution in [-0.4, -0.2) is 22.8 Å².